The minimum absolute atomic E-state index is 0.0757. The number of anilines is 2. The average Bonchev–Trinajstić information content (AvgIpc) is 2.90. The molecule has 1 N–H and O–H groups in total. The molecule has 1 aromatic carbocycles. The number of hydrogen-bond acceptors (Lipinski definition) is 3. The molecule has 1 aromatic heterocycles. The van der Waals surface area contributed by atoms with Crippen LogP contribution in [0.25, 0.3) is 0 Å². The average molecular weight is 284 g/mol. The Morgan fingerprint density at radius 2 is 2.05 bits per heavy atom. The van der Waals surface area contributed by atoms with E-state index in [4.69, 9.17) is 4.42 Å². The van der Waals surface area contributed by atoms with Crippen LogP contribution in [0.4, 0.5) is 11.4 Å². The molecule has 2 aromatic rings. The standard InChI is InChI=1S/C17H20N2O2/c1-12-11-17(2,3)18-13-7-4-5-8-14(13)19(12)16(20)15-9-6-10-21-15/h4-10,12,18H,11H2,1-3H3. The third kappa shape index (κ3) is 2.53. The summed E-state index contributed by atoms with van der Waals surface area (Å²) in [6.07, 6.45) is 2.39. The number of amides is 1. The first-order valence-electron chi connectivity index (χ1n) is 7.22. The Morgan fingerprint density at radius 1 is 1.29 bits per heavy atom. The largest absolute Gasteiger partial charge is 0.459 e. The van der Waals surface area contributed by atoms with E-state index in [9.17, 15) is 4.79 Å². The Balaban J connectivity index is 2.08. The summed E-state index contributed by atoms with van der Waals surface area (Å²) in [6.45, 7) is 6.38. The number of carbonyl (C=O) groups is 1. The monoisotopic (exact) mass is 284 g/mol. The number of carbonyl (C=O) groups excluding carboxylic acids is 1. The Morgan fingerprint density at radius 3 is 2.76 bits per heavy atom. The molecule has 1 aliphatic heterocycles. The zero-order valence-corrected chi connectivity index (χ0v) is 12.6. The van der Waals surface area contributed by atoms with Crippen molar-refractivity contribution in [3.05, 3.63) is 48.4 Å². The van der Waals surface area contributed by atoms with E-state index in [2.05, 4.69) is 26.1 Å². The van der Waals surface area contributed by atoms with Gasteiger partial charge in [0, 0.05) is 11.6 Å². The molecule has 4 nitrogen and oxygen atoms in total. The lowest BCUT2D eigenvalue weighted by Crippen LogP contribution is -2.41. The third-order valence-electron chi connectivity index (χ3n) is 3.83. The van der Waals surface area contributed by atoms with Gasteiger partial charge in [-0.3, -0.25) is 4.79 Å². The van der Waals surface area contributed by atoms with Crippen LogP contribution in [0.1, 0.15) is 37.7 Å². The van der Waals surface area contributed by atoms with Gasteiger partial charge >= 0.3 is 0 Å². The predicted octanol–water partition coefficient (Wildman–Crippen LogP) is 3.91. The summed E-state index contributed by atoms with van der Waals surface area (Å²) in [5, 5.41) is 3.53. The third-order valence-corrected chi connectivity index (χ3v) is 3.83. The number of nitrogens with zero attached hydrogens (tertiary/aromatic N) is 1. The van der Waals surface area contributed by atoms with Crippen molar-refractivity contribution in [3.63, 3.8) is 0 Å². The lowest BCUT2D eigenvalue weighted by Gasteiger charge is -2.30. The Hall–Kier alpha value is -2.23. The van der Waals surface area contributed by atoms with E-state index in [1.165, 1.54) is 6.26 Å². The highest BCUT2D eigenvalue weighted by atomic mass is 16.3. The normalized spacial score (nSPS) is 20.3. The topological polar surface area (TPSA) is 45.5 Å². The van der Waals surface area contributed by atoms with Crippen molar-refractivity contribution in [2.24, 2.45) is 0 Å². The highest BCUT2D eigenvalue weighted by Gasteiger charge is 2.34. The van der Waals surface area contributed by atoms with Crippen molar-refractivity contribution >= 4 is 17.3 Å². The summed E-state index contributed by atoms with van der Waals surface area (Å²) < 4.78 is 5.29. The van der Waals surface area contributed by atoms with Crippen LogP contribution in [0, 0.1) is 0 Å². The molecule has 2 heterocycles. The number of benzene rings is 1. The van der Waals surface area contributed by atoms with Gasteiger partial charge in [0.25, 0.3) is 5.91 Å². The molecular weight excluding hydrogens is 264 g/mol. The van der Waals surface area contributed by atoms with E-state index < -0.39 is 0 Å². The maximum absolute atomic E-state index is 12.8. The molecule has 1 amide bonds. The molecule has 110 valence electrons. The molecule has 0 saturated heterocycles. The van der Waals surface area contributed by atoms with Crippen molar-refractivity contribution in [3.8, 4) is 0 Å². The number of rotatable bonds is 1. The van der Waals surface area contributed by atoms with Crippen molar-refractivity contribution in [2.45, 2.75) is 38.8 Å². The van der Waals surface area contributed by atoms with E-state index in [0.29, 0.717) is 5.76 Å². The number of para-hydroxylation sites is 2. The van der Waals surface area contributed by atoms with Gasteiger partial charge in [0.05, 0.1) is 17.6 Å². The van der Waals surface area contributed by atoms with Crippen LogP contribution in [0.2, 0.25) is 0 Å². The van der Waals surface area contributed by atoms with Gasteiger partial charge in [-0.25, -0.2) is 0 Å². The highest BCUT2D eigenvalue weighted by molar-refractivity contribution is 6.06. The molecule has 0 fully saturated rings. The molecule has 0 aliphatic carbocycles. The van der Waals surface area contributed by atoms with Gasteiger partial charge in [-0.05, 0) is 51.5 Å². The summed E-state index contributed by atoms with van der Waals surface area (Å²) in [7, 11) is 0. The summed E-state index contributed by atoms with van der Waals surface area (Å²) in [6, 6.07) is 11.4. The Labute approximate surface area is 124 Å². The van der Waals surface area contributed by atoms with Gasteiger partial charge in [0.2, 0.25) is 0 Å². The SMILES string of the molecule is CC1CC(C)(C)Nc2ccccc2N1C(=O)c1ccco1. The van der Waals surface area contributed by atoms with Crippen molar-refractivity contribution in [1.82, 2.24) is 0 Å². The number of furan rings is 1. The molecule has 1 unspecified atom stereocenters. The smallest absolute Gasteiger partial charge is 0.294 e. The lowest BCUT2D eigenvalue weighted by atomic mass is 9.96. The summed E-state index contributed by atoms with van der Waals surface area (Å²) in [5.74, 6) is 0.274. The highest BCUT2D eigenvalue weighted by Crippen LogP contribution is 2.36. The van der Waals surface area contributed by atoms with E-state index in [1.54, 1.807) is 12.1 Å². The van der Waals surface area contributed by atoms with Gasteiger partial charge in [-0.2, -0.15) is 0 Å². The van der Waals surface area contributed by atoms with Crippen LogP contribution in [-0.4, -0.2) is 17.5 Å². The van der Waals surface area contributed by atoms with E-state index >= 15 is 0 Å². The fourth-order valence-electron chi connectivity index (χ4n) is 3.10. The molecule has 0 radical (unpaired) electrons. The Kier molecular flexibility index (Phi) is 3.24. The molecule has 1 aliphatic rings. The van der Waals surface area contributed by atoms with E-state index in [1.807, 2.05) is 29.2 Å². The Bertz CT molecular complexity index is 647. The van der Waals surface area contributed by atoms with Crippen LogP contribution < -0.4 is 10.2 Å². The first-order chi connectivity index (χ1) is 9.98. The van der Waals surface area contributed by atoms with Gasteiger partial charge in [-0.15, -0.1) is 0 Å². The van der Waals surface area contributed by atoms with Crippen molar-refractivity contribution in [1.29, 1.82) is 0 Å². The van der Waals surface area contributed by atoms with Gasteiger partial charge in [0.15, 0.2) is 5.76 Å². The van der Waals surface area contributed by atoms with E-state index in [0.717, 1.165) is 17.8 Å². The molecule has 3 rings (SSSR count). The fourth-order valence-corrected chi connectivity index (χ4v) is 3.10. The molecule has 0 bridgehead atoms. The molecule has 4 heteroatoms. The van der Waals surface area contributed by atoms with E-state index in [-0.39, 0.29) is 17.5 Å². The maximum Gasteiger partial charge on any atom is 0.294 e. The van der Waals surface area contributed by atoms with Crippen LogP contribution in [0.15, 0.2) is 47.1 Å². The lowest BCUT2D eigenvalue weighted by molar-refractivity contribution is 0.0949. The van der Waals surface area contributed by atoms with Gasteiger partial charge < -0.3 is 14.6 Å². The molecule has 0 spiro atoms. The molecular formula is C17H20N2O2. The second kappa shape index (κ2) is 4.95. The van der Waals surface area contributed by atoms with Gasteiger partial charge in [-0.1, -0.05) is 12.1 Å². The quantitative estimate of drug-likeness (QED) is 0.863. The minimum atomic E-state index is -0.0977. The number of fused-ring (bicyclic) bond motifs is 1. The van der Waals surface area contributed by atoms with Gasteiger partial charge in [0.1, 0.15) is 0 Å². The zero-order chi connectivity index (χ0) is 15.0. The van der Waals surface area contributed by atoms with Crippen LogP contribution in [0.5, 0.6) is 0 Å². The second-order valence-corrected chi connectivity index (χ2v) is 6.23. The molecule has 1 atom stereocenters. The predicted molar refractivity (Wildman–Crippen MR) is 83.7 cm³/mol. The minimum Gasteiger partial charge on any atom is -0.459 e. The zero-order valence-electron chi connectivity index (χ0n) is 12.6. The summed E-state index contributed by atoms with van der Waals surface area (Å²) >= 11 is 0. The second-order valence-electron chi connectivity index (χ2n) is 6.23. The summed E-state index contributed by atoms with van der Waals surface area (Å²) in [4.78, 5) is 14.6. The first kappa shape index (κ1) is 13.7. The molecule has 0 saturated carbocycles. The van der Waals surface area contributed by atoms with Crippen molar-refractivity contribution in [2.75, 3.05) is 10.2 Å². The van der Waals surface area contributed by atoms with Crippen LogP contribution in [-0.2, 0) is 0 Å². The number of hydrogen-bond donors (Lipinski definition) is 1. The first-order valence-corrected chi connectivity index (χ1v) is 7.22. The fraction of sp³-hybridized carbons (Fsp3) is 0.353. The molecule has 21 heavy (non-hydrogen) atoms. The maximum atomic E-state index is 12.8. The summed E-state index contributed by atoms with van der Waals surface area (Å²) in [5.41, 5.74) is 1.80. The van der Waals surface area contributed by atoms with Crippen molar-refractivity contribution < 1.29 is 9.21 Å². The van der Waals surface area contributed by atoms with Crippen LogP contribution >= 0.6 is 0 Å². The van der Waals surface area contributed by atoms with Crippen LogP contribution in [0.3, 0.4) is 0 Å². The number of nitrogens with one attached hydrogen (secondary N) is 1.